The lowest BCUT2D eigenvalue weighted by Gasteiger charge is -2.24. The minimum atomic E-state index is -0.589. The highest BCUT2D eigenvalue weighted by molar-refractivity contribution is 5.87. The monoisotopic (exact) mass is 252 g/mol. The normalized spacial score (nSPS) is 10.1. The zero-order valence-corrected chi connectivity index (χ0v) is 10.4. The predicted molar refractivity (Wildman–Crippen MR) is 68.1 cm³/mol. The van der Waals surface area contributed by atoms with Crippen molar-refractivity contribution in [2.75, 3.05) is 18.0 Å². The quantitative estimate of drug-likeness (QED) is 0.752. The molecule has 0 saturated heterocycles. The van der Waals surface area contributed by atoms with Crippen LogP contribution >= 0.6 is 0 Å². The van der Waals surface area contributed by atoms with Crippen molar-refractivity contribution in [1.82, 2.24) is 0 Å². The Balaban J connectivity index is 3.06. The Morgan fingerprint density at radius 2 is 2.22 bits per heavy atom. The minimum absolute atomic E-state index is 0.0235. The molecule has 0 atom stereocenters. The van der Waals surface area contributed by atoms with Gasteiger partial charge in [-0.1, -0.05) is 19.4 Å². The van der Waals surface area contributed by atoms with Gasteiger partial charge < -0.3 is 10.6 Å². The molecular formula is C13H17FN2O2. The second-order valence-electron chi connectivity index (χ2n) is 4.03. The third kappa shape index (κ3) is 3.55. The lowest BCUT2D eigenvalue weighted by Crippen LogP contribution is -2.35. The molecule has 1 rings (SSSR count). The topological polar surface area (TPSA) is 63.4 Å². The van der Waals surface area contributed by atoms with Gasteiger partial charge in [-0.05, 0) is 18.6 Å². The molecule has 0 aliphatic carbocycles. The number of anilines is 1. The number of primary amides is 1. The Morgan fingerprint density at radius 1 is 1.50 bits per heavy atom. The Bertz CT molecular complexity index is 435. The van der Waals surface area contributed by atoms with Gasteiger partial charge in [0.25, 0.3) is 0 Å². The molecule has 0 spiro atoms. The van der Waals surface area contributed by atoms with Crippen LogP contribution in [0.1, 0.15) is 30.1 Å². The Kier molecular flexibility index (Phi) is 5.30. The van der Waals surface area contributed by atoms with E-state index in [1.165, 1.54) is 12.1 Å². The summed E-state index contributed by atoms with van der Waals surface area (Å²) in [6.07, 6.45) is 2.23. The first-order valence-corrected chi connectivity index (χ1v) is 5.87. The van der Waals surface area contributed by atoms with Crippen LogP contribution in [0.4, 0.5) is 10.1 Å². The van der Waals surface area contributed by atoms with Gasteiger partial charge in [0.15, 0.2) is 6.29 Å². The summed E-state index contributed by atoms with van der Waals surface area (Å²) in [6, 6.07) is 4.35. The van der Waals surface area contributed by atoms with Crippen molar-refractivity contribution in [3.05, 3.63) is 29.6 Å². The van der Waals surface area contributed by atoms with Gasteiger partial charge in [-0.2, -0.15) is 0 Å². The summed E-state index contributed by atoms with van der Waals surface area (Å²) in [5.41, 5.74) is 5.55. The molecule has 0 heterocycles. The fraction of sp³-hybridized carbons (Fsp3) is 0.385. The molecule has 0 bridgehead atoms. The number of carbonyl (C=O) groups excluding carboxylic acids is 2. The van der Waals surface area contributed by atoms with Crippen LogP contribution in [-0.2, 0) is 4.79 Å². The highest BCUT2D eigenvalue weighted by Crippen LogP contribution is 2.21. The van der Waals surface area contributed by atoms with Crippen LogP contribution in [0.15, 0.2) is 18.2 Å². The zero-order chi connectivity index (χ0) is 13.5. The van der Waals surface area contributed by atoms with E-state index in [2.05, 4.69) is 0 Å². The smallest absolute Gasteiger partial charge is 0.236 e. The van der Waals surface area contributed by atoms with Crippen molar-refractivity contribution >= 4 is 17.9 Å². The number of unbranched alkanes of at least 4 members (excludes halogenated alkanes) is 1. The van der Waals surface area contributed by atoms with E-state index in [0.29, 0.717) is 18.5 Å². The fourth-order valence-corrected chi connectivity index (χ4v) is 1.74. The number of nitrogens with two attached hydrogens (primary N) is 1. The number of nitrogens with zero attached hydrogens (tertiary/aromatic N) is 1. The van der Waals surface area contributed by atoms with Crippen LogP contribution < -0.4 is 10.6 Å². The average molecular weight is 252 g/mol. The Hall–Kier alpha value is -1.91. The van der Waals surface area contributed by atoms with E-state index in [9.17, 15) is 14.0 Å². The maximum Gasteiger partial charge on any atom is 0.236 e. The average Bonchev–Trinajstić information content (AvgIpc) is 2.33. The van der Waals surface area contributed by atoms with Gasteiger partial charge in [-0.25, -0.2) is 4.39 Å². The highest BCUT2D eigenvalue weighted by Gasteiger charge is 2.15. The van der Waals surface area contributed by atoms with Crippen LogP contribution in [0.5, 0.6) is 0 Å². The van der Waals surface area contributed by atoms with Crippen molar-refractivity contribution in [1.29, 1.82) is 0 Å². The molecular weight excluding hydrogens is 235 g/mol. The van der Waals surface area contributed by atoms with E-state index in [1.807, 2.05) is 6.92 Å². The number of hydrogen-bond donors (Lipinski definition) is 1. The molecule has 0 aliphatic heterocycles. The van der Waals surface area contributed by atoms with E-state index in [4.69, 9.17) is 5.73 Å². The van der Waals surface area contributed by atoms with Crippen molar-refractivity contribution in [3.63, 3.8) is 0 Å². The number of halogens is 1. The third-order valence-electron chi connectivity index (χ3n) is 2.62. The number of rotatable bonds is 7. The van der Waals surface area contributed by atoms with Crippen LogP contribution in [0.2, 0.25) is 0 Å². The molecule has 4 nitrogen and oxygen atoms in total. The molecule has 0 fully saturated rings. The standard InChI is InChI=1S/C13H17FN2O2/c1-2-3-7-16(8-13(15)18)12-6-4-5-11(14)10(12)9-17/h4-6,9H,2-3,7-8H2,1H3,(H2,15,18). The van der Waals surface area contributed by atoms with E-state index < -0.39 is 11.7 Å². The molecule has 0 saturated carbocycles. The minimum Gasteiger partial charge on any atom is -0.368 e. The van der Waals surface area contributed by atoms with Crippen molar-refractivity contribution in [2.24, 2.45) is 5.73 Å². The first-order chi connectivity index (χ1) is 8.60. The molecule has 0 aliphatic rings. The van der Waals surface area contributed by atoms with Crippen molar-refractivity contribution in [2.45, 2.75) is 19.8 Å². The highest BCUT2D eigenvalue weighted by atomic mass is 19.1. The molecule has 1 aromatic rings. The van der Waals surface area contributed by atoms with Crippen LogP contribution in [-0.4, -0.2) is 25.3 Å². The fourth-order valence-electron chi connectivity index (χ4n) is 1.74. The maximum atomic E-state index is 13.5. The number of aldehydes is 1. The Morgan fingerprint density at radius 3 is 2.78 bits per heavy atom. The van der Waals surface area contributed by atoms with Crippen molar-refractivity contribution in [3.8, 4) is 0 Å². The number of amides is 1. The van der Waals surface area contributed by atoms with Gasteiger partial charge in [-0.15, -0.1) is 0 Å². The van der Waals surface area contributed by atoms with Gasteiger partial charge in [-0.3, -0.25) is 9.59 Å². The molecule has 1 amide bonds. The first kappa shape index (κ1) is 14.2. The lowest BCUT2D eigenvalue weighted by atomic mass is 10.1. The summed E-state index contributed by atoms with van der Waals surface area (Å²) in [5.74, 6) is -1.10. The van der Waals surface area contributed by atoms with Crippen LogP contribution in [0.3, 0.4) is 0 Å². The predicted octanol–water partition coefficient (Wildman–Crippen LogP) is 1.73. The Labute approximate surface area is 106 Å². The summed E-state index contributed by atoms with van der Waals surface area (Å²) < 4.78 is 13.5. The maximum absolute atomic E-state index is 13.5. The number of hydrogen-bond acceptors (Lipinski definition) is 3. The molecule has 0 aromatic heterocycles. The molecule has 2 N–H and O–H groups in total. The number of carbonyl (C=O) groups is 2. The lowest BCUT2D eigenvalue weighted by molar-refractivity contribution is -0.116. The molecule has 1 aromatic carbocycles. The summed E-state index contributed by atoms with van der Waals surface area (Å²) >= 11 is 0. The van der Waals surface area contributed by atoms with Gasteiger partial charge >= 0.3 is 0 Å². The molecule has 5 heteroatoms. The van der Waals surface area contributed by atoms with Crippen LogP contribution in [0.25, 0.3) is 0 Å². The number of benzene rings is 1. The largest absolute Gasteiger partial charge is 0.368 e. The SMILES string of the molecule is CCCCN(CC(N)=O)c1cccc(F)c1C=O. The van der Waals surface area contributed by atoms with E-state index in [1.54, 1.807) is 11.0 Å². The molecule has 0 unspecified atom stereocenters. The van der Waals surface area contributed by atoms with E-state index in [-0.39, 0.29) is 12.1 Å². The second-order valence-corrected chi connectivity index (χ2v) is 4.03. The van der Waals surface area contributed by atoms with Crippen molar-refractivity contribution < 1.29 is 14.0 Å². The molecule has 18 heavy (non-hydrogen) atoms. The van der Waals surface area contributed by atoms with Gasteiger partial charge in [0, 0.05) is 6.54 Å². The summed E-state index contributed by atoms with van der Waals surface area (Å²) in [5, 5.41) is 0. The third-order valence-corrected chi connectivity index (χ3v) is 2.62. The second kappa shape index (κ2) is 6.74. The summed E-state index contributed by atoms with van der Waals surface area (Å²) in [7, 11) is 0. The van der Waals surface area contributed by atoms with Gasteiger partial charge in [0.2, 0.25) is 5.91 Å². The van der Waals surface area contributed by atoms with Gasteiger partial charge in [0.1, 0.15) is 5.82 Å². The van der Waals surface area contributed by atoms with Crippen LogP contribution in [0, 0.1) is 5.82 Å². The van der Waals surface area contributed by atoms with Gasteiger partial charge in [0.05, 0.1) is 17.8 Å². The van der Waals surface area contributed by atoms with E-state index in [0.717, 1.165) is 12.8 Å². The molecule has 0 radical (unpaired) electrons. The van der Waals surface area contributed by atoms with E-state index >= 15 is 0 Å². The molecule has 98 valence electrons. The summed E-state index contributed by atoms with van der Waals surface area (Å²) in [6.45, 7) is 2.54. The summed E-state index contributed by atoms with van der Waals surface area (Å²) in [4.78, 5) is 23.6. The zero-order valence-electron chi connectivity index (χ0n) is 10.4. The first-order valence-electron chi connectivity index (χ1n) is 5.87.